The lowest BCUT2D eigenvalue weighted by Crippen LogP contribution is -2.31. The summed E-state index contributed by atoms with van der Waals surface area (Å²) in [6.45, 7) is 6.07. The van der Waals surface area contributed by atoms with Crippen LogP contribution in [0.4, 0.5) is 0 Å². The minimum atomic E-state index is -0.117. The Morgan fingerprint density at radius 2 is 2.08 bits per heavy atom. The van der Waals surface area contributed by atoms with Crippen LogP contribution in [0.2, 0.25) is 0 Å². The number of carbonyl (C=O) groups is 1. The van der Waals surface area contributed by atoms with Gasteiger partial charge >= 0.3 is 0 Å². The molecule has 0 saturated heterocycles. The van der Waals surface area contributed by atoms with Crippen molar-refractivity contribution >= 4 is 5.91 Å². The van der Waals surface area contributed by atoms with Crippen molar-refractivity contribution in [2.45, 2.75) is 26.8 Å². The molecule has 0 aliphatic heterocycles. The lowest BCUT2D eigenvalue weighted by molar-refractivity contribution is 0.0925. The maximum atomic E-state index is 12.7. The van der Waals surface area contributed by atoms with Gasteiger partial charge in [-0.1, -0.05) is 13.8 Å². The first-order valence-electron chi connectivity index (χ1n) is 8.09. The van der Waals surface area contributed by atoms with Crippen molar-refractivity contribution in [1.29, 1.82) is 0 Å². The van der Waals surface area contributed by atoms with E-state index in [1.807, 2.05) is 32.3 Å². The predicted molar refractivity (Wildman–Crippen MR) is 92.1 cm³/mol. The second-order valence-electron chi connectivity index (χ2n) is 6.40. The molecule has 0 aliphatic rings. The Labute approximate surface area is 145 Å². The first-order valence-corrected chi connectivity index (χ1v) is 8.09. The van der Waals surface area contributed by atoms with Crippen molar-refractivity contribution in [1.82, 2.24) is 35.3 Å². The number of hydrogen-bond acceptors (Lipinski definition) is 5. The van der Waals surface area contributed by atoms with Gasteiger partial charge in [-0.15, -0.1) is 5.10 Å². The lowest BCUT2D eigenvalue weighted by atomic mass is 9.98. The Morgan fingerprint density at radius 3 is 2.64 bits per heavy atom. The van der Waals surface area contributed by atoms with Crippen molar-refractivity contribution in [2.24, 2.45) is 13.0 Å². The molecule has 0 radical (unpaired) electrons. The van der Waals surface area contributed by atoms with Crippen molar-refractivity contribution in [3.8, 4) is 5.69 Å². The van der Waals surface area contributed by atoms with Crippen molar-refractivity contribution in [3.63, 3.8) is 0 Å². The molecule has 2 aromatic heterocycles. The normalized spacial score (nSPS) is 12.4. The van der Waals surface area contributed by atoms with Crippen LogP contribution < -0.4 is 5.32 Å². The monoisotopic (exact) mass is 339 g/mol. The molecule has 3 rings (SSSR count). The number of aryl methyl sites for hydroxylation is 2. The molecule has 8 heteroatoms. The van der Waals surface area contributed by atoms with E-state index in [9.17, 15) is 4.79 Å². The van der Waals surface area contributed by atoms with E-state index in [1.165, 1.54) is 6.33 Å². The fourth-order valence-corrected chi connectivity index (χ4v) is 2.79. The molecule has 1 aromatic carbocycles. The van der Waals surface area contributed by atoms with E-state index in [0.29, 0.717) is 5.56 Å². The molecular formula is C17H21N7O. The summed E-state index contributed by atoms with van der Waals surface area (Å²) in [5, 5.41) is 18.5. The fourth-order valence-electron chi connectivity index (χ4n) is 2.79. The SMILES string of the molecule is Cc1cc(C(=O)NC(c2cnn(C)c2)C(C)C)ccc1-n1cnnn1. The molecule has 8 nitrogen and oxygen atoms in total. The largest absolute Gasteiger partial charge is 0.345 e. The molecule has 0 fully saturated rings. The van der Waals surface area contributed by atoms with Gasteiger partial charge < -0.3 is 5.32 Å². The van der Waals surface area contributed by atoms with Gasteiger partial charge in [-0.3, -0.25) is 9.48 Å². The van der Waals surface area contributed by atoms with E-state index in [0.717, 1.165) is 16.8 Å². The molecule has 1 atom stereocenters. The number of hydrogen-bond donors (Lipinski definition) is 1. The zero-order valence-electron chi connectivity index (χ0n) is 14.7. The van der Waals surface area contributed by atoms with Crippen molar-refractivity contribution < 1.29 is 4.79 Å². The number of nitrogens with zero attached hydrogens (tertiary/aromatic N) is 6. The van der Waals surface area contributed by atoms with Crippen LogP contribution in [0.15, 0.2) is 36.9 Å². The second-order valence-corrected chi connectivity index (χ2v) is 6.40. The number of rotatable bonds is 5. The van der Waals surface area contributed by atoms with E-state index in [2.05, 4.69) is 39.8 Å². The Bertz CT molecular complexity index is 867. The summed E-state index contributed by atoms with van der Waals surface area (Å²) in [7, 11) is 1.86. The molecule has 2 heterocycles. The number of tetrazole rings is 1. The maximum Gasteiger partial charge on any atom is 0.251 e. The minimum Gasteiger partial charge on any atom is -0.345 e. The molecular weight excluding hydrogens is 318 g/mol. The first kappa shape index (κ1) is 16.8. The summed E-state index contributed by atoms with van der Waals surface area (Å²) in [6, 6.07) is 5.36. The highest BCUT2D eigenvalue weighted by Gasteiger charge is 2.21. The highest BCUT2D eigenvalue weighted by molar-refractivity contribution is 5.95. The van der Waals surface area contributed by atoms with Gasteiger partial charge in [0.1, 0.15) is 6.33 Å². The molecule has 0 bridgehead atoms. The average Bonchev–Trinajstić information content (AvgIpc) is 3.23. The molecule has 1 unspecified atom stereocenters. The highest BCUT2D eigenvalue weighted by Crippen LogP contribution is 2.22. The number of benzene rings is 1. The smallest absolute Gasteiger partial charge is 0.251 e. The van der Waals surface area contributed by atoms with E-state index >= 15 is 0 Å². The van der Waals surface area contributed by atoms with Gasteiger partial charge in [0.15, 0.2) is 0 Å². The predicted octanol–water partition coefficient (Wildman–Crippen LogP) is 1.83. The third-order valence-electron chi connectivity index (χ3n) is 4.09. The summed E-state index contributed by atoms with van der Waals surface area (Å²) in [4.78, 5) is 12.7. The Morgan fingerprint density at radius 1 is 1.28 bits per heavy atom. The van der Waals surface area contributed by atoms with Crippen LogP contribution in [0.3, 0.4) is 0 Å². The Kier molecular flexibility index (Phi) is 4.60. The highest BCUT2D eigenvalue weighted by atomic mass is 16.1. The van der Waals surface area contributed by atoms with Gasteiger partial charge in [-0.2, -0.15) is 5.10 Å². The van der Waals surface area contributed by atoms with Gasteiger partial charge in [-0.25, -0.2) is 4.68 Å². The number of nitrogens with one attached hydrogen (secondary N) is 1. The molecule has 1 amide bonds. The first-order chi connectivity index (χ1) is 12.0. The van der Waals surface area contributed by atoms with E-state index in [1.54, 1.807) is 21.6 Å². The standard InChI is InChI=1S/C17H21N7O/c1-11(2)16(14-8-19-23(4)9-14)20-17(25)13-5-6-15(12(3)7-13)24-10-18-21-22-24/h5-11,16H,1-4H3,(H,20,25). The lowest BCUT2D eigenvalue weighted by Gasteiger charge is -2.21. The summed E-state index contributed by atoms with van der Waals surface area (Å²) >= 11 is 0. The minimum absolute atomic E-state index is 0.0966. The van der Waals surface area contributed by atoms with Gasteiger partial charge in [0, 0.05) is 24.4 Å². The zero-order valence-corrected chi connectivity index (χ0v) is 14.7. The third kappa shape index (κ3) is 3.57. The average molecular weight is 339 g/mol. The zero-order chi connectivity index (χ0) is 18.0. The van der Waals surface area contributed by atoms with Gasteiger partial charge in [0.2, 0.25) is 0 Å². The van der Waals surface area contributed by atoms with Crippen molar-refractivity contribution in [3.05, 3.63) is 53.6 Å². The molecule has 130 valence electrons. The third-order valence-corrected chi connectivity index (χ3v) is 4.09. The Balaban J connectivity index is 1.81. The van der Waals surface area contributed by atoms with Crippen LogP contribution in [0, 0.1) is 12.8 Å². The van der Waals surface area contributed by atoms with Crippen molar-refractivity contribution in [2.75, 3.05) is 0 Å². The molecule has 3 aromatic rings. The molecule has 1 N–H and O–H groups in total. The van der Waals surface area contributed by atoms with Crippen LogP contribution in [-0.2, 0) is 7.05 Å². The number of aromatic nitrogens is 6. The molecule has 25 heavy (non-hydrogen) atoms. The topological polar surface area (TPSA) is 90.5 Å². The number of carbonyl (C=O) groups excluding carboxylic acids is 1. The quantitative estimate of drug-likeness (QED) is 0.766. The van der Waals surface area contributed by atoms with Gasteiger partial charge in [-0.05, 0) is 47.0 Å². The van der Waals surface area contributed by atoms with Crippen LogP contribution in [0.25, 0.3) is 5.69 Å². The molecule has 0 saturated carbocycles. The van der Waals surface area contributed by atoms with E-state index in [4.69, 9.17) is 0 Å². The summed E-state index contributed by atoms with van der Waals surface area (Å²) in [5.41, 5.74) is 3.35. The summed E-state index contributed by atoms with van der Waals surface area (Å²) in [6.07, 6.45) is 5.24. The summed E-state index contributed by atoms with van der Waals surface area (Å²) in [5.74, 6) is 0.128. The summed E-state index contributed by atoms with van der Waals surface area (Å²) < 4.78 is 3.31. The van der Waals surface area contributed by atoms with Gasteiger partial charge in [0.05, 0.1) is 17.9 Å². The Hall–Kier alpha value is -3.03. The van der Waals surface area contributed by atoms with Crippen LogP contribution >= 0.6 is 0 Å². The second kappa shape index (κ2) is 6.84. The van der Waals surface area contributed by atoms with E-state index < -0.39 is 0 Å². The van der Waals surface area contributed by atoms with Crippen LogP contribution in [0.1, 0.15) is 41.4 Å². The van der Waals surface area contributed by atoms with Gasteiger partial charge in [0.25, 0.3) is 5.91 Å². The molecule has 0 aliphatic carbocycles. The molecule has 0 spiro atoms. The van der Waals surface area contributed by atoms with E-state index in [-0.39, 0.29) is 17.9 Å². The van der Waals surface area contributed by atoms with Crippen LogP contribution in [0.5, 0.6) is 0 Å². The fraction of sp³-hybridized carbons (Fsp3) is 0.353. The maximum absolute atomic E-state index is 12.7. The number of amides is 1. The van der Waals surface area contributed by atoms with Crippen LogP contribution in [-0.4, -0.2) is 35.9 Å².